The molecule has 0 saturated carbocycles. The van der Waals surface area contributed by atoms with Gasteiger partial charge in [0.25, 0.3) is 0 Å². The van der Waals surface area contributed by atoms with E-state index in [2.05, 4.69) is 29.0 Å². The zero-order valence-corrected chi connectivity index (χ0v) is 16.6. The van der Waals surface area contributed by atoms with Crippen LogP contribution in [0.4, 0.5) is 5.13 Å². The lowest BCUT2D eigenvalue weighted by Crippen LogP contribution is -2.44. The number of carbonyl (C=O) groups is 1. The summed E-state index contributed by atoms with van der Waals surface area (Å²) < 4.78 is 5.76. The van der Waals surface area contributed by atoms with Crippen molar-refractivity contribution in [2.75, 3.05) is 18.4 Å². The molecule has 0 bridgehead atoms. The Bertz CT molecular complexity index is 725. The number of benzene rings is 1. The highest BCUT2D eigenvalue weighted by Crippen LogP contribution is 2.20. The van der Waals surface area contributed by atoms with Crippen LogP contribution in [-0.2, 0) is 22.5 Å². The largest absolute Gasteiger partial charge is 0.373 e. The SMILES string of the molecule is CC1CN(Cc2csc(NC(=O)CCc3ccc(Cl)cc3)n2)CC(C)O1. The number of ether oxygens (including phenoxy) is 1. The van der Waals surface area contributed by atoms with Gasteiger partial charge in [0.15, 0.2) is 5.13 Å². The summed E-state index contributed by atoms with van der Waals surface area (Å²) in [5.41, 5.74) is 2.09. The minimum atomic E-state index is -0.0190. The summed E-state index contributed by atoms with van der Waals surface area (Å²) in [6.07, 6.45) is 1.59. The summed E-state index contributed by atoms with van der Waals surface area (Å²) in [6.45, 7) is 6.79. The van der Waals surface area contributed by atoms with E-state index in [4.69, 9.17) is 16.3 Å². The molecule has 2 unspecified atom stereocenters. The Morgan fingerprint density at radius 2 is 2.00 bits per heavy atom. The van der Waals surface area contributed by atoms with Gasteiger partial charge in [-0.3, -0.25) is 9.69 Å². The Kier molecular flexibility index (Phi) is 6.64. The van der Waals surface area contributed by atoms with E-state index in [0.717, 1.165) is 30.9 Å². The second-order valence-corrected chi connectivity index (χ2v) is 8.06. The van der Waals surface area contributed by atoms with Crippen molar-refractivity contribution in [3.8, 4) is 0 Å². The first-order chi connectivity index (χ1) is 12.5. The first-order valence-corrected chi connectivity index (χ1v) is 10.1. The van der Waals surface area contributed by atoms with E-state index in [1.807, 2.05) is 29.6 Å². The standard InChI is InChI=1S/C19H24ClN3O2S/c1-13-9-23(10-14(2)25-13)11-17-12-26-19(21-17)22-18(24)8-5-15-3-6-16(20)7-4-15/h3-4,6-7,12-14H,5,8-11H2,1-2H3,(H,21,22,24). The number of aromatic nitrogens is 1. The molecule has 0 radical (unpaired) electrons. The molecular formula is C19H24ClN3O2S. The number of halogens is 1. The van der Waals surface area contributed by atoms with Crippen molar-refractivity contribution in [2.45, 2.75) is 45.4 Å². The van der Waals surface area contributed by atoms with Gasteiger partial charge in [0.05, 0.1) is 17.9 Å². The third-order valence-electron chi connectivity index (χ3n) is 4.23. The molecule has 1 amide bonds. The molecule has 0 spiro atoms. The number of carbonyl (C=O) groups excluding carboxylic acids is 1. The van der Waals surface area contributed by atoms with E-state index in [9.17, 15) is 4.79 Å². The van der Waals surface area contributed by atoms with Gasteiger partial charge in [-0.25, -0.2) is 4.98 Å². The fourth-order valence-electron chi connectivity index (χ4n) is 3.17. The molecule has 2 heterocycles. The van der Waals surface area contributed by atoms with Gasteiger partial charge < -0.3 is 10.1 Å². The Balaban J connectivity index is 1.46. The van der Waals surface area contributed by atoms with Crippen LogP contribution >= 0.6 is 22.9 Å². The van der Waals surface area contributed by atoms with Gasteiger partial charge in [0, 0.05) is 36.5 Å². The average molecular weight is 394 g/mol. The minimum absolute atomic E-state index is 0.0190. The molecule has 7 heteroatoms. The summed E-state index contributed by atoms with van der Waals surface area (Å²) in [6, 6.07) is 7.58. The average Bonchev–Trinajstić information content (AvgIpc) is 3.00. The molecule has 2 aromatic rings. The van der Waals surface area contributed by atoms with Crippen LogP contribution < -0.4 is 5.32 Å². The van der Waals surface area contributed by atoms with Crippen molar-refractivity contribution in [2.24, 2.45) is 0 Å². The molecule has 3 rings (SSSR count). The maximum absolute atomic E-state index is 12.1. The van der Waals surface area contributed by atoms with Crippen LogP contribution in [0.25, 0.3) is 0 Å². The van der Waals surface area contributed by atoms with Gasteiger partial charge in [0.2, 0.25) is 5.91 Å². The number of nitrogens with zero attached hydrogens (tertiary/aromatic N) is 2. The number of anilines is 1. The molecule has 0 aliphatic carbocycles. The first kappa shape index (κ1) is 19.3. The number of hydrogen-bond donors (Lipinski definition) is 1. The summed E-state index contributed by atoms with van der Waals surface area (Å²) in [7, 11) is 0. The topological polar surface area (TPSA) is 54.5 Å². The maximum Gasteiger partial charge on any atom is 0.226 e. The Morgan fingerprint density at radius 1 is 1.31 bits per heavy atom. The van der Waals surface area contributed by atoms with Crippen LogP contribution in [-0.4, -0.2) is 41.1 Å². The van der Waals surface area contributed by atoms with E-state index >= 15 is 0 Å². The molecule has 140 valence electrons. The zero-order chi connectivity index (χ0) is 18.5. The molecule has 1 aromatic carbocycles. The number of aryl methyl sites for hydroxylation is 1. The lowest BCUT2D eigenvalue weighted by molar-refractivity contribution is -0.116. The molecule has 26 heavy (non-hydrogen) atoms. The lowest BCUT2D eigenvalue weighted by atomic mass is 10.1. The molecule has 5 nitrogen and oxygen atoms in total. The van der Waals surface area contributed by atoms with Crippen LogP contribution in [0.5, 0.6) is 0 Å². The van der Waals surface area contributed by atoms with E-state index in [1.165, 1.54) is 11.3 Å². The first-order valence-electron chi connectivity index (χ1n) is 8.84. The molecular weight excluding hydrogens is 370 g/mol. The number of morpholine rings is 1. The molecule has 1 fully saturated rings. The summed E-state index contributed by atoms with van der Waals surface area (Å²) >= 11 is 7.35. The van der Waals surface area contributed by atoms with E-state index < -0.39 is 0 Å². The molecule has 1 aliphatic rings. The highest BCUT2D eigenvalue weighted by molar-refractivity contribution is 7.13. The number of rotatable bonds is 6. The van der Waals surface area contributed by atoms with E-state index in [-0.39, 0.29) is 18.1 Å². The Hall–Kier alpha value is -1.47. The number of hydrogen-bond acceptors (Lipinski definition) is 5. The number of thiazole rings is 1. The second-order valence-electron chi connectivity index (χ2n) is 6.77. The molecule has 1 aliphatic heterocycles. The Morgan fingerprint density at radius 3 is 2.69 bits per heavy atom. The Labute approximate surface area is 163 Å². The summed E-state index contributed by atoms with van der Waals surface area (Å²) in [4.78, 5) is 19.0. The maximum atomic E-state index is 12.1. The van der Waals surface area contributed by atoms with Crippen molar-refractivity contribution in [3.63, 3.8) is 0 Å². The highest BCUT2D eigenvalue weighted by atomic mass is 35.5. The highest BCUT2D eigenvalue weighted by Gasteiger charge is 2.22. The third-order valence-corrected chi connectivity index (χ3v) is 5.29. The molecule has 1 saturated heterocycles. The van der Waals surface area contributed by atoms with Crippen LogP contribution in [0.1, 0.15) is 31.5 Å². The van der Waals surface area contributed by atoms with Gasteiger partial charge in [-0.15, -0.1) is 11.3 Å². The molecule has 1 N–H and O–H groups in total. The summed E-state index contributed by atoms with van der Waals surface area (Å²) in [5, 5.41) is 6.28. The van der Waals surface area contributed by atoms with Crippen LogP contribution in [0.3, 0.4) is 0 Å². The monoisotopic (exact) mass is 393 g/mol. The fraction of sp³-hybridized carbons (Fsp3) is 0.474. The van der Waals surface area contributed by atoms with E-state index in [1.54, 1.807) is 0 Å². The fourth-order valence-corrected chi connectivity index (χ4v) is 4.01. The van der Waals surface area contributed by atoms with Gasteiger partial charge in [-0.2, -0.15) is 0 Å². The van der Waals surface area contributed by atoms with Crippen molar-refractivity contribution >= 4 is 34.0 Å². The van der Waals surface area contributed by atoms with Gasteiger partial charge >= 0.3 is 0 Å². The number of nitrogens with one attached hydrogen (secondary N) is 1. The number of amides is 1. The van der Waals surface area contributed by atoms with Crippen LogP contribution in [0, 0.1) is 0 Å². The van der Waals surface area contributed by atoms with Crippen molar-refractivity contribution in [3.05, 3.63) is 45.9 Å². The van der Waals surface area contributed by atoms with Crippen molar-refractivity contribution in [1.29, 1.82) is 0 Å². The normalized spacial score (nSPS) is 20.9. The zero-order valence-electron chi connectivity index (χ0n) is 15.1. The third kappa shape index (κ3) is 5.77. The van der Waals surface area contributed by atoms with Gasteiger partial charge in [0.1, 0.15) is 0 Å². The minimum Gasteiger partial charge on any atom is -0.373 e. The van der Waals surface area contributed by atoms with Crippen LogP contribution in [0.15, 0.2) is 29.6 Å². The molecule has 2 atom stereocenters. The van der Waals surface area contributed by atoms with Crippen LogP contribution in [0.2, 0.25) is 5.02 Å². The van der Waals surface area contributed by atoms with Crippen molar-refractivity contribution in [1.82, 2.24) is 9.88 Å². The van der Waals surface area contributed by atoms with E-state index in [0.29, 0.717) is 23.0 Å². The molecule has 1 aromatic heterocycles. The summed E-state index contributed by atoms with van der Waals surface area (Å²) in [5.74, 6) is -0.0190. The van der Waals surface area contributed by atoms with Gasteiger partial charge in [-0.1, -0.05) is 23.7 Å². The van der Waals surface area contributed by atoms with Gasteiger partial charge in [-0.05, 0) is 38.0 Å². The quantitative estimate of drug-likeness (QED) is 0.806. The lowest BCUT2D eigenvalue weighted by Gasteiger charge is -2.34. The predicted octanol–water partition coefficient (Wildman–Crippen LogP) is 3.98. The smallest absolute Gasteiger partial charge is 0.226 e. The second kappa shape index (κ2) is 8.95. The van der Waals surface area contributed by atoms with Crippen molar-refractivity contribution < 1.29 is 9.53 Å². The predicted molar refractivity (Wildman–Crippen MR) is 106 cm³/mol.